The van der Waals surface area contributed by atoms with Crippen LogP contribution in [0.15, 0.2) is 0 Å². The summed E-state index contributed by atoms with van der Waals surface area (Å²) in [6.45, 7) is 9.39. The summed E-state index contributed by atoms with van der Waals surface area (Å²) >= 11 is 1.45. The first-order chi connectivity index (χ1) is 7.24. The molecule has 1 aromatic heterocycles. The average Bonchev–Trinajstić information content (AvgIpc) is 2.66. The minimum absolute atomic E-state index is 0.415. The maximum absolute atomic E-state index is 4.40. The molecule has 86 valence electrons. The van der Waals surface area contributed by atoms with Crippen LogP contribution in [0, 0.1) is 0 Å². The molecule has 0 unspecified atom stereocenters. The van der Waals surface area contributed by atoms with Crippen LogP contribution in [0.1, 0.15) is 38.9 Å². The molecular weight excluding hydrogens is 208 g/mol. The molecule has 1 rings (SSSR count). The van der Waals surface area contributed by atoms with Crippen molar-refractivity contribution in [3.05, 3.63) is 5.82 Å². The van der Waals surface area contributed by atoms with Gasteiger partial charge in [-0.2, -0.15) is 4.37 Å². The van der Waals surface area contributed by atoms with Crippen molar-refractivity contribution in [2.24, 2.45) is 0 Å². The van der Waals surface area contributed by atoms with Crippen molar-refractivity contribution in [2.75, 3.05) is 25.0 Å². The standard InChI is InChI=1S/C10H20N4S/c1-4-11-6-5-7-12-10-13-9(8(2)3)14-15-10/h8,11H,4-7H2,1-3H3,(H,12,13,14). The van der Waals surface area contributed by atoms with Crippen LogP contribution < -0.4 is 10.6 Å². The Hall–Kier alpha value is -0.680. The van der Waals surface area contributed by atoms with Crippen LogP contribution in [-0.2, 0) is 0 Å². The van der Waals surface area contributed by atoms with Gasteiger partial charge >= 0.3 is 0 Å². The molecule has 0 aliphatic heterocycles. The number of hydrogen-bond donors (Lipinski definition) is 2. The van der Waals surface area contributed by atoms with Gasteiger partial charge in [0.05, 0.1) is 0 Å². The van der Waals surface area contributed by atoms with Crippen molar-refractivity contribution in [1.82, 2.24) is 14.7 Å². The zero-order chi connectivity index (χ0) is 11.1. The zero-order valence-corrected chi connectivity index (χ0v) is 10.5. The van der Waals surface area contributed by atoms with Crippen molar-refractivity contribution < 1.29 is 0 Å². The summed E-state index contributed by atoms with van der Waals surface area (Å²) in [5.74, 6) is 1.35. The Labute approximate surface area is 95.7 Å². The van der Waals surface area contributed by atoms with E-state index in [-0.39, 0.29) is 0 Å². The first-order valence-corrected chi connectivity index (χ1v) is 6.29. The summed E-state index contributed by atoms with van der Waals surface area (Å²) in [5.41, 5.74) is 0. The Morgan fingerprint density at radius 3 is 2.73 bits per heavy atom. The first kappa shape index (κ1) is 12.4. The fraction of sp³-hybridized carbons (Fsp3) is 0.800. The molecule has 4 nitrogen and oxygen atoms in total. The highest BCUT2D eigenvalue weighted by Crippen LogP contribution is 2.16. The highest BCUT2D eigenvalue weighted by atomic mass is 32.1. The molecule has 0 saturated heterocycles. The Morgan fingerprint density at radius 2 is 2.13 bits per heavy atom. The number of nitrogens with zero attached hydrogens (tertiary/aromatic N) is 2. The van der Waals surface area contributed by atoms with Crippen LogP contribution in [0.3, 0.4) is 0 Å². The number of rotatable bonds is 7. The number of anilines is 1. The monoisotopic (exact) mass is 228 g/mol. The van der Waals surface area contributed by atoms with Crippen molar-refractivity contribution in [2.45, 2.75) is 33.1 Å². The van der Waals surface area contributed by atoms with Gasteiger partial charge in [0.25, 0.3) is 0 Å². The SMILES string of the molecule is CCNCCCNc1nc(C(C)C)ns1. The Morgan fingerprint density at radius 1 is 1.33 bits per heavy atom. The topological polar surface area (TPSA) is 49.8 Å². The molecule has 0 amide bonds. The maximum Gasteiger partial charge on any atom is 0.202 e. The second-order valence-electron chi connectivity index (χ2n) is 3.75. The summed E-state index contributed by atoms with van der Waals surface area (Å²) in [6.07, 6.45) is 1.12. The molecule has 0 saturated carbocycles. The molecule has 0 bridgehead atoms. The van der Waals surface area contributed by atoms with Gasteiger partial charge in [-0.1, -0.05) is 20.8 Å². The molecule has 0 spiro atoms. The van der Waals surface area contributed by atoms with Gasteiger partial charge in [0, 0.05) is 24.0 Å². The molecule has 0 aliphatic rings. The van der Waals surface area contributed by atoms with Crippen LogP contribution in [0.2, 0.25) is 0 Å². The lowest BCUT2D eigenvalue weighted by molar-refractivity contribution is 0.688. The minimum atomic E-state index is 0.415. The largest absolute Gasteiger partial charge is 0.360 e. The van der Waals surface area contributed by atoms with E-state index in [9.17, 15) is 0 Å². The zero-order valence-electron chi connectivity index (χ0n) is 9.71. The van der Waals surface area contributed by atoms with Gasteiger partial charge in [0.1, 0.15) is 5.82 Å². The molecular formula is C10H20N4S. The second-order valence-corrected chi connectivity index (χ2v) is 4.50. The van der Waals surface area contributed by atoms with E-state index in [1.54, 1.807) is 0 Å². The summed E-state index contributed by atoms with van der Waals surface area (Å²) in [7, 11) is 0. The maximum atomic E-state index is 4.40. The Kier molecular flexibility index (Phi) is 5.57. The van der Waals surface area contributed by atoms with Crippen LogP contribution >= 0.6 is 11.5 Å². The summed E-state index contributed by atoms with van der Waals surface area (Å²) in [6, 6.07) is 0. The predicted octanol–water partition coefficient (Wildman–Crippen LogP) is 2.07. The molecule has 0 aliphatic carbocycles. The molecule has 0 fully saturated rings. The van der Waals surface area contributed by atoms with E-state index in [1.165, 1.54) is 11.5 Å². The van der Waals surface area contributed by atoms with Gasteiger partial charge in [-0.15, -0.1) is 0 Å². The number of nitrogens with one attached hydrogen (secondary N) is 2. The van der Waals surface area contributed by atoms with Crippen molar-refractivity contribution in [3.8, 4) is 0 Å². The molecule has 0 radical (unpaired) electrons. The van der Waals surface area contributed by atoms with Crippen molar-refractivity contribution in [1.29, 1.82) is 0 Å². The molecule has 0 atom stereocenters. The van der Waals surface area contributed by atoms with Gasteiger partial charge in [0.15, 0.2) is 0 Å². The van der Waals surface area contributed by atoms with Crippen LogP contribution in [-0.4, -0.2) is 29.0 Å². The van der Waals surface area contributed by atoms with E-state index in [0.717, 1.165) is 37.0 Å². The smallest absolute Gasteiger partial charge is 0.202 e. The van der Waals surface area contributed by atoms with E-state index in [0.29, 0.717) is 5.92 Å². The van der Waals surface area contributed by atoms with E-state index >= 15 is 0 Å². The summed E-state index contributed by atoms with van der Waals surface area (Å²) < 4.78 is 4.28. The third kappa shape index (κ3) is 4.57. The Balaban J connectivity index is 2.20. The van der Waals surface area contributed by atoms with E-state index in [4.69, 9.17) is 0 Å². The predicted molar refractivity (Wildman–Crippen MR) is 65.6 cm³/mol. The van der Waals surface area contributed by atoms with E-state index in [2.05, 4.69) is 40.8 Å². The molecule has 0 aromatic carbocycles. The van der Waals surface area contributed by atoms with E-state index < -0.39 is 0 Å². The lowest BCUT2D eigenvalue weighted by atomic mass is 10.2. The number of hydrogen-bond acceptors (Lipinski definition) is 5. The molecule has 5 heteroatoms. The van der Waals surface area contributed by atoms with Gasteiger partial charge in [-0.25, -0.2) is 4.98 Å². The van der Waals surface area contributed by atoms with Crippen LogP contribution in [0.4, 0.5) is 5.13 Å². The van der Waals surface area contributed by atoms with Crippen molar-refractivity contribution >= 4 is 16.7 Å². The quantitative estimate of drug-likeness (QED) is 0.702. The summed E-state index contributed by atoms with van der Waals surface area (Å²) in [5, 5.41) is 7.51. The minimum Gasteiger partial charge on any atom is -0.360 e. The van der Waals surface area contributed by atoms with Crippen LogP contribution in [0.25, 0.3) is 0 Å². The van der Waals surface area contributed by atoms with Gasteiger partial charge in [-0.3, -0.25) is 0 Å². The van der Waals surface area contributed by atoms with Crippen molar-refractivity contribution in [3.63, 3.8) is 0 Å². The normalized spacial score (nSPS) is 10.9. The lowest BCUT2D eigenvalue weighted by Crippen LogP contribution is -2.17. The third-order valence-corrected chi connectivity index (χ3v) is 2.70. The van der Waals surface area contributed by atoms with Gasteiger partial charge in [0.2, 0.25) is 5.13 Å². The fourth-order valence-electron chi connectivity index (χ4n) is 1.13. The highest BCUT2D eigenvalue weighted by Gasteiger charge is 2.06. The van der Waals surface area contributed by atoms with Crippen LogP contribution in [0.5, 0.6) is 0 Å². The second kappa shape index (κ2) is 6.74. The van der Waals surface area contributed by atoms with Gasteiger partial charge in [-0.05, 0) is 19.5 Å². The molecule has 1 heterocycles. The number of aromatic nitrogens is 2. The lowest BCUT2D eigenvalue weighted by Gasteiger charge is -2.02. The molecule has 15 heavy (non-hydrogen) atoms. The highest BCUT2D eigenvalue weighted by molar-refractivity contribution is 7.09. The fourth-order valence-corrected chi connectivity index (χ4v) is 1.86. The third-order valence-electron chi connectivity index (χ3n) is 2.01. The Bertz CT molecular complexity index is 272. The molecule has 1 aromatic rings. The van der Waals surface area contributed by atoms with Gasteiger partial charge < -0.3 is 10.6 Å². The summed E-state index contributed by atoms with van der Waals surface area (Å²) in [4.78, 5) is 4.40. The van der Waals surface area contributed by atoms with E-state index in [1.807, 2.05) is 0 Å². The first-order valence-electron chi connectivity index (χ1n) is 5.52. The molecule has 2 N–H and O–H groups in total. The average molecular weight is 228 g/mol.